The van der Waals surface area contributed by atoms with Crippen LogP contribution < -0.4 is 4.90 Å². The largest absolute Gasteiger partial charge is 0.469 e. The Bertz CT molecular complexity index is 979. The predicted octanol–water partition coefficient (Wildman–Crippen LogP) is 4.33. The number of hydrogen-bond donors (Lipinski definition) is 0. The minimum absolute atomic E-state index is 0.0872. The van der Waals surface area contributed by atoms with Gasteiger partial charge in [-0.15, -0.1) is 10.2 Å². The molecular formula is C18H15ClN4O3S. The van der Waals surface area contributed by atoms with E-state index in [9.17, 15) is 4.79 Å². The number of hydrogen-bond acceptors (Lipinski definition) is 7. The molecule has 0 saturated heterocycles. The van der Waals surface area contributed by atoms with Crippen molar-refractivity contribution in [3.63, 3.8) is 0 Å². The minimum atomic E-state index is -0.184. The van der Waals surface area contributed by atoms with Gasteiger partial charge in [0.1, 0.15) is 5.76 Å². The Labute approximate surface area is 164 Å². The van der Waals surface area contributed by atoms with Crippen LogP contribution in [0.15, 0.2) is 50.7 Å². The molecule has 2 aromatic heterocycles. The SMILES string of the molecule is Cc1occc1-c1nnc(SCC(=O)N(CCC#N)c2cccc(Cl)c2)o1. The lowest BCUT2D eigenvalue weighted by Crippen LogP contribution is -2.33. The van der Waals surface area contributed by atoms with Gasteiger partial charge in [0.05, 0.1) is 30.1 Å². The summed E-state index contributed by atoms with van der Waals surface area (Å²) in [6.45, 7) is 2.08. The summed E-state index contributed by atoms with van der Waals surface area (Å²) in [4.78, 5) is 14.2. The van der Waals surface area contributed by atoms with Crippen molar-refractivity contribution in [1.82, 2.24) is 10.2 Å². The first-order valence-electron chi connectivity index (χ1n) is 8.02. The summed E-state index contributed by atoms with van der Waals surface area (Å²) in [5.41, 5.74) is 1.36. The fraction of sp³-hybridized carbons (Fsp3) is 0.222. The normalized spacial score (nSPS) is 10.6. The highest BCUT2D eigenvalue weighted by molar-refractivity contribution is 7.99. The maximum Gasteiger partial charge on any atom is 0.277 e. The Balaban J connectivity index is 1.68. The molecule has 0 aliphatic carbocycles. The molecule has 0 aliphatic heterocycles. The number of carbonyl (C=O) groups is 1. The number of thioether (sulfide) groups is 1. The average molecular weight is 403 g/mol. The van der Waals surface area contributed by atoms with Crippen LogP contribution in [0.2, 0.25) is 5.02 Å². The molecule has 0 unspecified atom stereocenters. The number of benzene rings is 1. The lowest BCUT2D eigenvalue weighted by molar-refractivity contribution is -0.116. The number of aryl methyl sites for hydroxylation is 1. The molecule has 0 spiro atoms. The summed E-state index contributed by atoms with van der Waals surface area (Å²) < 4.78 is 10.8. The fourth-order valence-corrected chi connectivity index (χ4v) is 3.21. The van der Waals surface area contributed by atoms with Gasteiger partial charge in [-0.1, -0.05) is 29.4 Å². The molecule has 0 bridgehead atoms. The van der Waals surface area contributed by atoms with E-state index >= 15 is 0 Å². The average Bonchev–Trinajstić information content (AvgIpc) is 3.29. The zero-order valence-electron chi connectivity index (χ0n) is 14.4. The highest BCUT2D eigenvalue weighted by Gasteiger charge is 2.19. The summed E-state index contributed by atoms with van der Waals surface area (Å²) in [6, 6.07) is 10.7. The van der Waals surface area contributed by atoms with Crippen molar-refractivity contribution in [3.8, 4) is 17.5 Å². The van der Waals surface area contributed by atoms with Gasteiger partial charge in [0.2, 0.25) is 5.91 Å². The van der Waals surface area contributed by atoms with Crippen molar-refractivity contribution in [2.45, 2.75) is 18.6 Å². The number of halogens is 1. The van der Waals surface area contributed by atoms with E-state index in [1.807, 2.05) is 0 Å². The number of carbonyl (C=O) groups excluding carboxylic acids is 1. The lowest BCUT2D eigenvalue weighted by atomic mass is 10.2. The van der Waals surface area contributed by atoms with Gasteiger partial charge in [0.25, 0.3) is 11.1 Å². The quantitative estimate of drug-likeness (QED) is 0.542. The second-order valence-corrected chi connectivity index (χ2v) is 6.85. The monoisotopic (exact) mass is 402 g/mol. The molecule has 0 radical (unpaired) electrons. The van der Waals surface area contributed by atoms with Gasteiger partial charge in [-0.3, -0.25) is 4.79 Å². The van der Waals surface area contributed by atoms with Crippen LogP contribution in [-0.2, 0) is 4.79 Å². The van der Waals surface area contributed by atoms with Crippen molar-refractivity contribution in [2.75, 3.05) is 17.2 Å². The van der Waals surface area contributed by atoms with Gasteiger partial charge in [0.15, 0.2) is 0 Å². The van der Waals surface area contributed by atoms with Crippen LogP contribution >= 0.6 is 23.4 Å². The number of nitrogens with zero attached hydrogens (tertiary/aromatic N) is 4. The molecule has 0 atom stereocenters. The van der Waals surface area contributed by atoms with Crippen molar-refractivity contribution in [2.24, 2.45) is 0 Å². The second kappa shape index (κ2) is 8.75. The summed E-state index contributed by atoms with van der Waals surface area (Å²) in [7, 11) is 0. The first-order chi connectivity index (χ1) is 13.1. The fourth-order valence-electron chi connectivity index (χ4n) is 2.39. The zero-order chi connectivity index (χ0) is 19.2. The highest BCUT2D eigenvalue weighted by atomic mass is 35.5. The Hall–Kier alpha value is -2.76. The topological polar surface area (TPSA) is 96.2 Å². The maximum atomic E-state index is 12.7. The van der Waals surface area contributed by atoms with Crippen LogP contribution in [0, 0.1) is 18.3 Å². The van der Waals surface area contributed by atoms with E-state index in [1.54, 1.807) is 43.5 Å². The number of rotatable bonds is 7. The highest BCUT2D eigenvalue weighted by Crippen LogP contribution is 2.27. The Morgan fingerprint density at radius 1 is 1.37 bits per heavy atom. The van der Waals surface area contributed by atoms with Gasteiger partial charge in [-0.05, 0) is 31.2 Å². The molecule has 2 heterocycles. The van der Waals surface area contributed by atoms with Crippen molar-refractivity contribution >= 4 is 35.0 Å². The molecule has 1 aromatic carbocycles. The predicted molar refractivity (Wildman–Crippen MR) is 101 cm³/mol. The molecule has 1 amide bonds. The number of amides is 1. The van der Waals surface area contributed by atoms with Crippen molar-refractivity contribution in [3.05, 3.63) is 47.4 Å². The molecule has 0 saturated carbocycles. The number of furan rings is 1. The van der Waals surface area contributed by atoms with E-state index in [2.05, 4.69) is 16.3 Å². The van der Waals surface area contributed by atoms with E-state index in [1.165, 1.54) is 4.90 Å². The summed E-state index contributed by atoms with van der Waals surface area (Å²) >= 11 is 7.15. The number of nitriles is 1. The van der Waals surface area contributed by atoms with Crippen molar-refractivity contribution in [1.29, 1.82) is 5.26 Å². The summed E-state index contributed by atoms with van der Waals surface area (Å²) in [5, 5.41) is 17.6. The Morgan fingerprint density at radius 3 is 2.93 bits per heavy atom. The molecule has 9 heteroatoms. The Kier molecular flexibility index (Phi) is 6.16. The van der Waals surface area contributed by atoms with Crippen LogP contribution in [0.4, 0.5) is 5.69 Å². The molecule has 27 heavy (non-hydrogen) atoms. The molecule has 0 N–H and O–H groups in total. The van der Waals surface area contributed by atoms with Gasteiger partial charge in [-0.25, -0.2) is 0 Å². The molecule has 3 rings (SSSR count). The summed E-state index contributed by atoms with van der Waals surface area (Å²) in [5.74, 6) is 0.920. The molecule has 7 nitrogen and oxygen atoms in total. The Morgan fingerprint density at radius 2 is 2.22 bits per heavy atom. The number of aromatic nitrogens is 2. The van der Waals surface area contributed by atoms with Gasteiger partial charge in [0, 0.05) is 17.3 Å². The van der Waals surface area contributed by atoms with E-state index in [4.69, 9.17) is 25.7 Å². The van der Waals surface area contributed by atoms with Crippen LogP contribution in [-0.4, -0.2) is 28.4 Å². The molecule has 0 aliphatic rings. The third kappa shape index (κ3) is 4.70. The van der Waals surface area contributed by atoms with E-state index in [0.29, 0.717) is 22.4 Å². The third-order valence-electron chi connectivity index (χ3n) is 3.68. The van der Waals surface area contributed by atoms with Crippen LogP contribution in [0.3, 0.4) is 0 Å². The molecular weight excluding hydrogens is 388 g/mol. The lowest BCUT2D eigenvalue weighted by Gasteiger charge is -2.21. The van der Waals surface area contributed by atoms with E-state index in [-0.39, 0.29) is 29.8 Å². The zero-order valence-corrected chi connectivity index (χ0v) is 16.0. The van der Waals surface area contributed by atoms with Crippen LogP contribution in [0.1, 0.15) is 12.2 Å². The van der Waals surface area contributed by atoms with E-state index in [0.717, 1.165) is 17.3 Å². The van der Waals surface area contributed by atoms with Gasteiger partial charge < -0.3 is 13.7 Å². The molecule has 0 fully saturated rings. The molecule has 3 aromatic rings. The molecule has 138 valence electrons. The third-order valence-corrected chi connectivity index (χ3v) is 4.72. The van der Waals surface area contributed by atoms with Gasteiger partial charge in [-0.2, -0.15) is 5.26 Å². The first-order valence-corrected chi connectivity index (χ1v) is 9.38. The van der Waals surface area contributed by atoms with Gasteiger partial charge >= 0.3 is 0 Å². The maximum absolute atomic E-state index is 12.7. The number of anilines is 1. The van der Waals surface area contributed by atoms with Crippen LogP contribution in [0.5, 0.6) is 0 Å². The standard InChI is InChI=1S/C18H15ClN4O3S/c1-12-15(6-9-25-12)17-21-22-18(26-17)27-11-16(24)23(8-3-7-20)14-5-2-4-13(19)10-14/h2,4-6,9-10H,3,8,11H2,1H3. The van der Waals surface area contributed by atoms with E-state index < -0.39 is 0 Å². The second-order valence-electron chi connectivity index (χ2n) is 5.49. The first kappa shape index (κ1) is 19.0. The van der Waals surface area contributed by atoms with Crippen molar-refractivity contribution < 1.29 is 13.6 Å². The summed E-state index contributed by atoms with van der Waals surface area (Å²) in [6.07, 6.45) is 1.76. The minimum Gasteiger partial charge on any atom is -0.469 e. The smallest absolute Gasteiger partial charge is 0.277 e. The van der Waals surface area contributed by atoms with Crippen LogP contribution in [0.25, 0.3) is 11.5 Å².